The van der Waals surface area contributed by atoms with Crippen molar-refractivity contribution >= 4 is 38.9 Å². The Hall–Kier alpha value is -5.47. The maximum atomic E-state index is 4.50. The summed E-state index contributed by atoms with van der Waals surface area (Å²) >= 11 is 0. The van der Waals surface area contributed by atoms with E-state index in [2.05, 4.69) is 170 Å². The third kappa shape index (κ3) is 5.06. The van der Waals surface area contributed by atoms with Crippen molar-refractivity contribution in [3.05, 3.63) is 157 Å². The smallest absolute Gasteiger partial charge is 0.0455 e. The Balaban J connectivity index is 1.41. The van der Waals surface area contributed by atoms with Crippen LogP contribution in [0.4, 0.5) is 0 Å². The first-order valence-corrected chi connectivity index (χ1v) is 16.2. The van der Waals surface area contributed by atoms with Gasteiger partial charge in [-0.2, -0.15) is 0 Å². The average molecular weight is 593 g/mol. The summed E-state index contributed by atoms with van der Waals surface area (Å²) in [6.07, 6.45) is 10.8. The van der Waals surface area contributed by atoms with E-state index >= 15 is 0 Å². The maximum absolute atomic E-state index is 4.50. The molecule has 0 fully saturated rings. The van der Waals surface area contributed by atoms with Gasteiger partial charge >= 0.3 is 0 Å². The Morgan fingerprint density at radius 3 is 1.93 bits per heavy atom. The number of hydrogen-bond acceptors (Lipinski definition) is 2. The first kappa shape index (κ1) is 28.0. The van der Waals surface area contributed by atoms with Crippen LogP contribution in [0.1, 0.15) is 18.1 Å². The lowest BCUT2D eigenvalue weighted by Crippen LogP contribution is -2.13. The first-order chi connectivity index (χ1) is 22.6. The van der Waals surface area contributed by atoms with Gasteiger partial charge in [-0.15, -0.1) is 0 Å². The predicted molar refractivity (Wildman–Crippen MR) is 198 cm³/mol. The molecule has 2 heteroatoms. The topological polar surface area (TPSA) is 15.6 Å². The second kappa shape index (κ2) is 11.8. The summed E-state index contributed by atoms with van der Waals surface area (Å²) < 4.78 is 0. The van der Waals surface area contributed by atoms with Gasteiger partial charge in [0.25, 0.3) is 0 Å². The molecule has 2 aliphatic rings. The highest BCUT2D eigenvalue weighted by Crippen LogP contribution is 2.45. The van der Waals surface area contributed by atoms with E-state index in [1.807, 2.05) is 6.21 Å². The van der Waals surface area contributed by atoms with E-state index < -0.39 is 0 Å². The molecule has 0 amide bonds. The normalized spacial score (nSPS) is 16.1. The van der Waals surface area contributed by atoms with E-state index in [1.165, 1.54) is 77.2 Å². The van der Waals surface area contributed by atoms with Gasteiger partial charge in [0, 0.05) is 32.3 Å². The molecule has 0 aliphatic carbocycles. The summed E-state index contributed by atoms with van der Waals surface area (Å²) in [6, 6.07) is 44.9. The molecule has 0 spiro atoms. The number of allylic oxidation sites excluding steroid dienone is 3. The fourth-order valence-electron chi connectivity index (χ4n) is 7.11. The minimum Gasteiger partial charge on any atom is -0.377 e. The highest BCUT2D eigenvalue weighted by atomic mass is 15.1. The molecule has 0 bridgehead atoms. The molecule has 1 atom stereocenters. The van der Waals surface area contributed by atoms with Crippen LogP contribution < -0.4 is 0 Å². The standard InChI is InChI=1S/C44H36N2/c1-30-29-45-23-20-38(30)35-13-9-15-37(27-35)44-40-17-7-6-16-39(40)43(36-14-8-12-33(26-36)32-21-24-46(2)25-22-32)41-19-18-34(28-42(41)44)31-10-4-3-5-11-31/h3-24,26-28,30H,25,29H2,1-2H3. The van der Waals surface area contributed by atoms with Gasteiger partial charge in [0.2, 0.25) is 0 Å². The zero-order valence-electron chi connectivity index (χ0n) is 26.3. The number of aliphatic imine (C=N–C) groups is 1. The van der Waals surface area contributed by atoms with Gasteiger partial charge in [-0.1, -0.05) is 116 Å². The van der Waals surface area contributed by atoms with Crippen LogP contribution in [0, 0.1) is 5.92 Å². The minimum absolute atomic E-state index is 0.391. The Morgan fingerprint density at radius 2 is 1.22 bits per heavy atom. The number of rotatable bonds is 5. The van der Waals surface area contributed by atoms with Crippen molar-refractivity contribution in [2.45, 2.75) is 6.92 Å². The second-order valence-electron chi connectivity index (χ2n) is 12.5. The monoisotopic (exact) mass is 592 g/mol. The third-order valence-electron chi connectivity index (χ3n) is 9.48. The minimum atomic E-state index is 0.391. The first-order valence-electron chi connectivity index (χ1n) is 16.2. The van der Waals surface area contributed by atoms with Crippen LogP contribution in [0.15, 0.2) is 151 Å². The van der Waals surface area contributed by atoms with Crippen molar-refractivity contribution in [3.63, 3.8) is 0 Å². The molecule has 2 aliphatic heterocycles. The van der Waals surface area contributed by atoms with Gasteiger partial charge in [-0.25, -0.2) is 0 Å². The zero-order chi connectivity index (χ0) is 31.0. The molecular weight excluding hydrogens is 556 g/mol. The molecule has 0 saturated heterocycles. The van der Waals surface area contributed by atoms with Crippen LogP contribution in [0.2, 0.25) is 0 Å². The number of likely N-dealkylation sites (N-methyl/N-ethyl adjacent to an activating group) is 1. The highest BCUT2D eigenvalue weighted by Gasteiger charge is 2.20. The van der Waals surface area contributed by atoms with Crippen molar-refractivity contribution in [3.8, 4) is 33.4 Å². The predicted octanol–water partition coefficient (Wildman–Crippen LogP) is 10.9. The van der Waals surface area contributed by atoms with Gasteiger partial charge in [0.05, 0.1) is 0 Å². The molecule has 0 aromatic heterocycles. The summed E-state index contributed by atoms with van der Waals surface area (Å²) in [5, 5.41) is 5.07. The van der Waals surface area contributed by atoms with Crippen LogP contribution in [-0.4, -0.2) is 31.3 Å². The lowest BCUT2D eigenvalue weighted by molar-refractivity contribution is 0.506. The van der Waals surface area contributed by atoms with Gasteiger partial charge in [0.1, 0.15) is 0 Å². The summed E-state index contributed by atoms with van der Waals surface area (Å²) in [5.41, 5.74) is 12.6. The average Bonchev–Trinajstić information content (AvgIpc) is 3.11. The molecule has 2 heterocycles. The molecule has 1 unspecified atom stereocenters. The van der Waals surface area contributed by atoms with E-state index in [1.54, 1.807) is 0 Å². The van der Waals surface area contributed by atoms with Crippen molar-refractivity contribution in [2.75, 3.05) is 20.1 Å². The Kier molecular flexibility index (Phi) is 7.19. The fraction of sp³-hybridized carbons (Fsp3) is 0.114. The van der Waals surface area contributed by atoms with Gasteiger partial charge < -0.3 is 4.90 Å². The van der Waals surface area contributed by atoms with E-state index in [-0.39, 0.29) is 0 Å². The molecule has 222 valence electrons. The number of dihydropyridines is 1. The van der Waals surface area contributed by atoms with E-state index in [0.29, 0.717) is 5.92 Å². The van der Waals surface area contributed by atoms with Crippen molar-refractivity contribution in [1.82, 2.24) is 4.90 Å². The lowest BCUT2D eigenvalue weighted by atomic mass is 9.83. The highest BCUT2D eigenvalue weighted by molar-refractivity contribution is 6.22. The number of benzene rings is 6. The van der Waals surface area contributed by atoms with Gasteiger partial charge in [-0.05, 0) is 114 Å². The Bertz CT molecular complexity index is 2230. The molecule has 8 rings (SSSR count). The third-order valence-corrected chi connectivity index (χ3v) is 9.48. The summed E-state index contributed by atoms with van der Waals surface area (Å²) in [4.78, 5) is 6.70. The molecule has 0 saturated carbocycles. The Morgan fingerprint density at radius 1 is 0.587 bits per heavy atom. The summed E-state index contributed by atoms with van der Waals surface area (Å²) in [5.74, 6) is 0.391. The molecular formula is C44H36N2. The summed E-state index contributed by atoms with van der Waals surface area (Å²) in [6.45, 7) is 4.02. The molecule has 0 N–H and O–H groups in total. The molecule has 0 radical (unpaired) electrons. The number of fused-ring (bicyclic) bond motifs is 2. The van der Waals surface area contributed by atoms with E-state index in [4.69, 9.17) is 0 Å². The number of nitrogens with zero attached hydrogens (tertiary/aromatic N) is 2. The van der Waals surface area contributed by atoms with Crippen molar-refractivity contribution in [1.29, 1.82) is 0 Å². The maximum Gasteiger partial charge on any atom is 0.0455 e. The van der Waals surface area contributed by atoms with Crippen LogP contribution >= 0.6 is 0 Å². The van der Waals surface area contributed by atoms with Crippen LogP contribution in [0.25, 0.3) is 66.1 Å². The quantitative estimate of drug-likeness (QED) is 0.182. The van der Waals surface area contributed by atoms with Crippen LogP contribution in [-0.2, 0) is 0 Å². The summed E-state index contributed by atoms with van der Waals surface area (Å²) in [7, 11) is 2.11. The van der Waals surface area contributed by atoms with Gasteiger partial charge in [0.15, 0.2) is 0 Å². The van der Waals surface area contributed by atoms with E-state index in [9.17, 15) is 0 Å². The molecule has 2 nitrogen and oxygen atoms in total. The van der Waals surface area contributed by atoms with Crippen LogP contribution in [0.3, 0.4) is 0 Å². The lowest BCUT2D eigenvalue weighted by Gasteiger charge is -2.21. The molecule has 6 aromatic carbocycles. The molecule has 46 heavy (non-hydrogen) atoms. The van der Waals surface area contributed by atoms with Gasteiger partial charge in [-0.3, -0.25) is 4.99 Å². The fourth-order valence-corrected chi connectivity index (χ4v) is 7.11. The Labute approximate surface area is 271 Å². The van der Waals surface area contributed by atoms with Crippen molar-refractivity contribution < 1.29 is 0 Å². The largest absolute Gasteiger partial charge is 0.377 e. The number of hydrogen-bond donors (Lipinski definition) is 0. The van der Waals surface area contributed by atoms with E-state index in [0.717, 1.165) is 13.1 Å². The second-order valence-corrected chi connectivity index (χ2v) is 12.5. The van der Waals surface area contributed by atoms with Crippen molar-refractivity contribution in [2.24, 2.45) is 10.9 Å². The molecule has 6 aromatic rings. The zero-order valence-corrected chi connectivity index (χ0v) is 26.3. The van der Waals surface area contributed by atoms with Crippen LogP contribution in [0.5, 0.6) is 0 Å². The SMILES string of the molecule is CC1CN=CC=C1c1cccc(-c2c3ccccc3c(-c3cccc(C4=CCN(C)C=C4)c3)c3ccc(-c4ccccc4)cc23)c1.